The Morgan fingerprint density at radius 3 is 1.73 bits per heavy atom. The monoisotopic (exact) mass is 890 g/mol. The Bertz CT molecular complexity index is 4150. The van der Waals surface area contributed by atoms with Crippen molar-refractivity contribution < 1.29 is 0 Å². The first kappa shape index (κ1) is 39.3. The molecule has 15 rings (SSSR count). The van der Waals surface area contributed by atoms with Crippen molar-refractivity contribution in [2.24, 2.45) is 0 Å². The molecule has 1 heterocycles. The van der Waals surface area contributed by atoms with Gasteiger partial charge in [0.2, 0.25) is 0 Å². The Labute approximate surface area is 408 Å². The highest BCUT2D eigenvalue weighted by atomic mass is 15.1. The number of fused-ring (bicyclic) bond motifs is 17. The first-order valence-corrected chi connectivity index (χ1v) is 24.6. The van der Waals surface area contributed by atoms with Gasteiger partial charge in [-0.2, -0.15) is 0 Å². The van der Waals surface area contributed by atoms with E-state index in [1.165, 1.54) is 122 Å². The molecule has 2 nitrogen and oxygen atoms in total. The van der Waals surface area contributed by atoms with Crippen LogP contribution >= 0.6 is 0 Å². The van der Waals surface area contributed by atoms with Gasteiger partial charge in [-0.05, 0) is 156 Å². The molecule has 0 aliphatic heterocycles. The fourth-order valence-electron chi connectivity index (χ4n) is 13.1. The molecule has 0 saturated carbocycles. The van der Waals surface area contributed by atoms with Crippen LogP contribution in [0.4, 0.5) is 17.1 Å². The third-order valence-electron chi connectivity index (χ3n) is 16.2. The quantitative estimate of drug-likeness (QED) is 0.167. The van der Waals surface area contributed by atoms with Gasteiger partial charge in [0.05, 0.1) is 22.1 Å². The van der Waals surface area contributed by atoms with Gasteiger partial charge in [0.1, 0.15) is 0 Å². The summed E-state index contributed by atoms with van der Waals surface area (Å²) in [5.41, 5.74) is 24.7. The molecule has 3 aliphatic carbocycles. The minimum Gasteiger partial charge on any atom is -0.310 e. The number of aromatic nitrogens is 1. The third kappa shape index (κ3) is 5.23. The van der Waals surface area contributed by atoms with Gasteiger partial charge in [-0.25, -0.2) is 0 Å². The first-order chi connectivity index (χ1) is 34.5. The van der Waals surface area contributed by atoms with Crippen molar-refractivity contribution in [3.63, 3.8) is 0 Å². The summed E-state index contributed by atoms with van der Waals surface area (Å²) >= 11 is 0. The molecule has 2 heteroatoms. The van der Waals surface area contributed by atoms with Crippen molar-refractivity contribution in [1.82, 2.24) is 4.57 Å². The molecule has 1 unspecified atom stereocenters. The van der Waals surface area contributed by atoms with Crippen LogP contribution in [0.3, 0.4) is 0 Å². The lowest BCUT2D eigenvalue weighted by Gasteiger charge is -2.32. The number of para-hydroxylation sites is 2. The summed E-state index contributed by atoms with van der Waals surface area (Å²) in [5.74, 6) is 0. The van der Waals surface area contributed by atoms with E-state index in [2.05, 4.69) is 266 Å². The van der Waals surface area contributed by atoms with Crippen molar-refractivity contribution in [3.8, 4) is 50.2 Å². The van der Waals surface area contributed by atoms with E-state index in [0.717, 1.165) is 11.4 Å². The number of hydrogen-bond acceptors (Lipinski definition) is 1. The topological polar surface area (TPSA) is 8.17 Å². The molecule has 0 saturated heterocycles. The molecular formula is C68H46N2. The highest BCUT2D eigenvalue weighted by molar-refractivity contribution is 6.11. The third-order valence-corrected chi connectivity index (χ3v) is 16.2. The van der Waals surface area contributed by atoms with E-state index in [1.807, 2.05) is 0 Å². The Morgan fingerprint density at radius 1 is 0.343 bits per heavy atom. The number of anilines is 3. The number of hydrogen-bond donors (Lipinski definition) is 0. The minimum atomic E-state index is -0.489. The normalized spacial score (nSPS) is 15.5. The maximum atomic E-state index is 2.54. The smallest absolute Gasteiger partial charge is 0.0726 e. The fraction of sp³-hybridized carbons (Fsp3) is 0.0588. The summed E-state index contributed by atoms with van der Waals surface area (Å²) in [5, 5.41) is 5.04. The van der Waals surface area contributed by atoms with Crippen molar-refractivity contribution in [2.45, 2.75) is 24.7 Å². The van der Waals surface area contributed by atoms with Gasteiger partial charge >= 0.3 is 0 Å². The molecule has 70 heavy (non-hydrogen) atoms. The summed E-state index contributed by atoms with van der Waals surface area (Å²) < 4.78 is 2.39. The molecule has 1 spiro atoms. The molecule has 0 fully saturated rings. The van der Waals surface area contributed by atoms with Gasteiger partial charge in [0.15, 0.2) is 0 Å². The van der Waals surface area contributed by atoms with Gasteiger partial charge in [-0.15, -0.1) is 0 Å². The Kier molecular flexibility index (Phi) is 8.08. The second-order valence-electron chi connectivity index (χ2n) is 20.0. The lowest BCUT2D eigenvalue weighted by atomic mass is 9.70. The van der Waals surface area contributed by atoms with E-state index in [1.54, 1.807) is 0 Å². The van der Waals surface area contributed by atoms with E-state index in [9.17, 15) is 0 Å². The van der Waals surface area contributed by atoms with Crippen LogP contribution in [0.5, 0.6) is 0 Å². The van der Waals surface area contributed by atoms with Crippen molar-refractivity contribution >= 4 is 49.6 Å². The van der Waals surface area contributed by atoms with Gasteiger partial charge in [0, 0.05) is 38.8 Å². The van der Waals surface area contributed by atoms with E-state index in [0.29, 0.717) is 0 Å². The summed E-state index contributed by atoms with van der Waals surface area (Å²) in [7, 11) is 0. The summed E-state index contributed by atoms with van der Waals surface area (Å²) in [6.07, 6.45) is 0. The molecule has 328 valence electrons. The van der Waals surface area contributed by atoms with Crippen molar-refractivity contribution in [2.75, 3.05) is 4.90 Å². The molecule has 0 radical (unpaired) electrons. The Balaban J connectivity index is 0.944. The zero-order valence-corrected chi connectivity index (χ0v) is 39.0. The van der Waals surface area contributed by atoms with Gasteiger partial charge < -0.3 is 9.47 Å². The Morgan fingerprint density at radius 2 is 0.929 bits per heavy atom. The molecule has 1 atom stereocenters. The second kappa shape index (κ2) is 14.4. The summed E-state index contributed by atoms with van der Waals surface area (Å²) in [6, 6.07) is 91.1. The zero-order valence-electron chi connectivity index (χ0n) is 39.0. The average molecular weight is 891 g/mol. The zero-order chi connectivity index (χ0) is 46.3. The van der Waals surface area contributed by atoms with Crippen LogP contribution in [-0.2, 0) is 10.8 Å². The summed E-state index contributed by atoms with van der Waals surface area (Å²) in [4.78, 5) is 2.54. The van der Waals surface area contributed by atoms with Crippen LogP contribution in [-0.4, -0.2) is 4.57 Å². The van der Waals surface area contributed by atoms with Crippen LogP contribution in [0.1, 0.15) is 47.2 Å². The summed E-state index contributed by atoms with van der Waals surface area (Å²) in [6.45, 7) is 4.77. The van der Waals surface area contributed by atoms with Crippen LogP contribution < -0.4 is 4.90 Å². The van der Waals surface area contributed by atoms with Crippen LogP contribution in [0.15, 0.2) is 243 Å². The maximum absolute atomic E-state index is 2.54. The van der Waals surface area contributed by atoms with E-state index in [4.69, 9.17) is 0 Å². The van der Waals surface area contributed by atoms with Crippen molar-refractivity contribution in [3.05, 3.63) is 276 Å². The molecule has 11 aromatic carbocycles. The number of nitrogens with zero attached hydrogens (tertiary/aromatic N) is 2. The lowest BCUT2D eigenvalue weighted by Crippen LogP contribution is -2.26. The predicted molar refractivity (Wildman–Crippen MR) is 292 cm³/mol. The van der Waals surface area contributed by atoms with Crippen LogP contribution in [0.25, 0.3) is 82.8 Å². The van der Waals surface area contributed by atoms with E-state index < -0.39 is 5.41 Å². The molecular weight excluding hydrogens is 845 g/mol. The largest absolute Gasteiger partial charge is 0.310 e. The maximum Gasteiger partial charge on any atom is 0.0726 e. The van der Waals surface area contributed by atoms with Crippen LogP contribution in [0.2, 0.25) is 0 Å². The number of rotatable bonds is 5. The van der Waals surface area contributed by atoms with E-state index in [-0.39, 0.29) is 5.41 Å². The molecule has 12 aromatic rings. The molecule has 0 amide bonds. The Hall–Kier alpha value is -8.72. The van der Waals surface area contributed by atoms with E-state index >= 15 is 0 Å². The van der Waals surface area contributed by atoms with Crippen LogP contribution in [0, 0.1) is 0 Å². The van der Waals surface area contributed by atoms with Gasteiger partial charge in [0.25, 0.3) is 0 Å². The second-order valence-corrected chi connectivity index (χ2v) is 20.0. The fourth-order valence-corrected chi connectivity index (χ4v) is 13.1. The minimum absolute atomic E-state index is 0.158. The predicted octanol–water partition coefficient (Wildman–Crippen LogP) is 17.7. The lowest BCUT2D eigenvalue weighted by molar-refractivity contribution is 0.660. The van der Waals surface area contributed by atoms with Crippen molar-refractivity contribution in [1.29, 1.82) is 0 Å². The standard InChI is InChI=1S/C68H46N2/c1-67(2)57-25-12-8-21-50(57)52-37-36-49(42-61(52)67)69(48-34-31-43(32-35-48)46-33-38-64-56(40-46)53-23-11-15-29-63(53)70(64)47-19-4-3-5-20-47)65-30-16-28-60-66(65)54-24-10-14-27-59(54)68(60)58-26-13-9-22-51(58)55-39-44-17-6-7-18-45(44)41-62(55)68/h3-42H,1-2H3. The van der Waals surface area contributed by atoms with Gasteiger partial charge in [-0.1, -0.05) is 184 Å². The molecule has 0 N–H and O–H groups in total. The highest BCUT2D eigenvalue weighted by Gasteiger charge is 2.52. The molecule has 0 bridgehead atoms. The molecule has 3 aliphatic rings. The molecule has 1 aromatic heterocycles. The average Bonchev–Trinajstić information content (AvgIpc) is 4.08. The first-order valence-electron chi connectivity index (χ1n) is 24.6. The van der Waals surface area contributed by atoms with Gasteiger partial charge in [-0.3, -0.25) is 0 Å². The highest BCUT2D eigenvalue weighted by Crippen LogP contribution is 2.65. The SMILES string of the molecule is CC1(C)c2ccccc2-c2ccc(N(c3ccc(-c4ccc5c(c4)c4ccccc4n5-c4ccccc4)cc3)c3cccc4c3-c3ccccc3C43c4ccccc4-c4cc5ccccc5cc43)cc21. The number of benzene rings is 11.